The minimum atomic E-state index is 0.179. The summed E-state index contributed by atoms with van der Waals surface area (Å²) in [5.74, 6) is 0.549. The van der Waals surface area contributed by atoms with Gasteiger partial charge in [-0.05, 0) is 48.2 Å². The van der Waals surface area contributed by atoms with Crippen LogP contribution in [0.3, 0.4) is 0 Å². The van der Waals surface area contributed by atoms with Gasteiger partial charge in [0, 0.05) is 32.7 Å². The Balaban J connectivity index is 1.62. The zero-order valence-corrected chi connectivity index (χ0v) is 20.0. The Hall–Kier alpha value is -1.95. The lowest BCUT2D eigenvalue weighted by molar-refractivity contribution is 0.0367. The Morgan fingerprint density at radius 3 is 2.32 bits per heavy atom. The molecule has 2 aromatic carbocycles. The average molecular weight is 440 g/mol. The van der Waals surface area contributed by atoms with Gasteiger partial charge in [0.25, 0.3) is 0 Å². The van der Waals surface area contributed by atoms with Crippen LogP contribution < -0.4 is 5.32 Å². The topological polar surface area (TPSA) is 27.7 Å². The van der Waals surface area contributed by atoms with Gasteiger partial charge in [0.2, 0.25) is 0 Å². The lowest BCUT2D eigenvalue weighted by Crippen LogP contribution is -2.42. The van der Waals surface area contributed by atoms with E-state index < -0.39 is 0 Å². The standard InChI is InChI=1S/C26H37N3OS/c1-21(2)24-12-10-23(11-13-24)20-29(15-7-14-28-16-18-30-19-17-28)26(31)27-22(3)25-8-5-4-6-9-25/h4-6,8-13,21-22H,7,14-20H2,1-3H3,(H,27,31). The second kappa shape index (κ2) is 12.2. The first-order valence-electron chi connectivity index (χ1n) is 11.5. The number of morpholine rings is 1. The van der Waals surface area contributed by atoms with Crippen LogP contribution in [0.25, 0.3) is 0 Å². The van der Waals surface area contributed by atoms with Crippen LogP contribution in [0.5, 0.6) is 0 Å². The fourth-order valence-electron chi connectivity index (χ4n) is 3.89. The maximum absolute atomic E-state index is 5.87. The van der Waals surface area contributed by atoms with Crippen molar-refractivity contribution in [2.75, 3.05) is 39.4 Å². The van der Waals surface area contributed by atoms with Gasteiger partial charge >= 0.3 is 0 Å². The molecular weight excluding hydrogens is 402 g/mol. The van der Waals surface area contributed by atoms with Gasteiger partial charge < -0.3 is 15.0 Å². The zero-order chi connectivity index (χ0) is 22.1. The largest absolute Gasteiger partial charge is 0.379 e. The lowest BCUT2D eigenvalue weighted by atomic mass is 10.0. The van der Waals surface area contributed by atoms with Crippen LogP contribution in [0.15, 0.2) is 54.6 Å². The van der Waals surface area contributed by atoms with Gasteiger partial charge in [-0.25, -0.2) is 0 Å². The second-order valence-corrected chi connectivity index (χ2v) is 9.09. The number of nitrogens with zero attached hydrogens (tertiary/aromatic N) is 2. The lowest BCUT2D eigenvalue weighted by Gasteiger charge is -2.31. The molecule has 0 amide bonds. The third-order valence-electron chi connectivity index (χ3n) is 5.95. The molecule has 0 spiro atoms. The molecule has 0 radical (unpaired) electrons. The SMILES string of the molecule is CC(C)c1ccc(CN(CCCN2CCOCC2)C(=S)NC(C)c2ccccc2)cc1. The van der Waals surface area contributed by atoms with E-state index in [4.69, 9.17) is 17.0 Å². The predicted octanol–water partition coefficient (Wildman–Crippen LogP) is 4.97. The summed E-state index contributed by atoms with van der Waals surface area (Å²) in [6.07, 6.45) is 1.09. The summed E-state index contributed by atoms with van der Waals surface area (Å²) in [6.45, 7) is 13.3. The van der Waals surface area contributed by atoms with Crippen molar-refractivity contribution in [3.8, 4) is 0 Å². The van der Waals surface area contributed by atoms with Gasteiger partial charge in [0.05, 0.1) is 19.3 Å². The fourth-order valence-corrected chi connectivity index (χ4v) is 4.22. The van der Waals surface area contributed by atoms with E-state index in [1.807, 2.05) is 6.07 Å². The molecule has 1 saturated heterocycles. The highest BCUT2D eigenvalue weighted by atomic mass is 32.1. The summed E-state index contributed by atoms with van der Waals surface area (Å²) in [5.41, 5.74) is 3.92. The average Bonchev–Trinajstić information content (AvgIpc) is 2.80. The highest BCUT2D eigenvalue weighted by Crippen LogP contribution is 2.17. The van der Waals surface area contributed by atoms with Crippen LogP contribution in [0.1, 0.15) is 55.8 Å². The molecule has 4 nitrogen and oxygen atoms in total. The number of benzene rings is 2. The van der Waals surface area contributed by atoms with E-state index in [0.29, 0.717) is 5.92 Å². The maximum atomic E-state index is 5.87. The Kier molecular flexibility index (Phi) is 9.31. The van der Waals surface area contributed by atoms with Gasteiger partial charge in [-0.2, -0.15) is 0 Å². The van der Waals surface area contributed by atoms with Gasteiger partial charge in [-0.15, -0.1) is 0 Å². The first-order chi connectivity index (χ1) is 15.0. The van der Waals surface area contributed by atoms with E-state index in [1.165, 1.54) is 16.7 Å². The monoisotopic (exact) mass is 439 g/mol. The Bertz CT molecular complexity index is 788. The van der Waals surface area contributed by atoms with Crippen molar-refractivity contribution in [1.29, 1.82) is 0 Å². The van der Waals surface area contributed by atoms with Crippen molar-refractivity contribution in [2.24, 2.45) is 0 Å². The third-order valence-corrected chi connectivity index (χ3v) is 6.33. The quantitative estimate of drug-likeness (QED) is 0.557. The zero-order valence-electron chi connectivity index (χ0n) is 19.2. The molecule has 1 unspecified atom stereocenters. The third kappa shape index (κ3) is 7.60. The Morgan fingerprint density at radius 1 is 1.00 bits per heavy atom. The van der Waals surface area contributed by atoms with Gasteiger partial charge in [0.1, 0.15) is 0 Å². The Labute approximate surface area is 193 Å². The van der Waals surface area contributed by atoms with E-state index in [1.54, 1.807) is 0 Å². The van der Waals surface area contributed by atoms with Crippen LogP contribution in [-0.4, -0.2) is 54.3 Å². The van der Waals surface area contributed by atoms with E-state index in [2.05, 4.69) is 84.4 Å². The normalized spacial score (nSPS) is 15.6. The summed E-state index contributed by atoms with van der Waals surface area (Å²) < 4.78 is 5.47. The van der Waals surface area contributed by atoms with Crippen molar-refractivity contribution in [3.63, 3.8) is 0 Å². The molecule has 2 aromatic rings. The van der Waals surface area contributed by atoms with Crippen molar-refractivity contribution in [2.45, 2.75) is 45.7 Å². The van der Waals surface area contributed by atoms with Crippen LogP contribution in [0, 0.1) is 0 Å². The molecular formula is C26H37N3OS. The van der Waals surface area contributed by atoms with Crippen LogP contribution in [0.4, 0.5) is 0 Å². The Morgan fingerprint density at radius 2 is 1.68 bits per heavy atom. The molecule has 1 fully saturated rings. The number of rotatable bonds is 9. The molecule has 1 heterocycles. The fraction of sp³-hybridized carbons (Fsp3) is 0.500. The van der Waals surface area contributed by atoms with E-state index in [9.17, 15) is 0 Å². The minimum Gasteiger partial charge on any atom is -0.379 e. The molecule has 0 aliphatic carbocycles. The van der Waals surface area contributed by atoms with Gasteiger partial charge in [-0.3, -0.25) is 4.90 Å². The molecule has 5 heteroatoms. The van der Waals surface area contributed by atoms with E-state index in [-0.39, 0.29) is 6.04 Å². The van der Waals surface area contributed by atoms with Crippen LogP contribution >= 0.6 is 12.2 Å². The molecule has 3 rings (SSSR count). The van der Waals surface area contributed by atoms with Crippen LogP contribution in [0.2, 0.25) is 0 Å². The van der Waals surface area contributed by atoms with E-state index in [0.717, 1.165) is 57.5 Å². The highest BCUT2D eigenvalue weighted by Gasteiger charge is 2.16. The summed E-state index contributed by atoms with van der Waals surface area (Å²) in [7, 11) is 0. The molecule has 1 atom stereocenters. The molecule has 168 valence electrons. The molecule has 31 heavy (non-hydrogen) atoms. The van der Waals surface area contributed by atoms with Crippen molar-refractivity contribution >= 4 is 17.3 Å². The van der Waals surface area contributed by atoms with Crippen molar-refractivity contribution < 1.29 is 4.74 Å². The molecule has 0 bridgehead atoms. The molecule has 1 aliphatic rings. The first-order valence-corrected chi connectivity index (χ1v) is 11.9. The molecule has 1 aliphatic heterocycles. The van der Waals surface area contributed by atoms with Gasteiger partial charge in [-0.1, -0.05) is 68.4 Å². The van der Waals surface area contributed by atoms with Crippen LogP contribution in [-0.2, 0) is 11.3 Å². The molecule has 0 aromatic heterocycles. The smallest absolute Gasteiger partial charge is 0.169 e. The molecule has 1 N–H and O–H groups in total. The summed E-state index contributed by atoms with van der Waals surface area (Å²) in [4.78, 5) is 4.81. The second-order valence-electron chi connectivity index (χ2n) is 8.71. The highest BCUT2D eigenvalue weighted by molar-refractivity contribution is 7.80. The van der Waals surface area contributed by atoms with Crippen molar-refractivity contribution in [3.05, 3.63) is 71.3 Å². The van der Waals surface area contributed by atoms with Crippen molar-refractivity contribution in [1.82, 2.24) is 15.1 Å². The van der Waals surface area contributed by atoms with Gasteiger partial charge in [0.15, 0.2) is 5.11 Å². The maximum Gasteiger partial charge on any atom is 0.169 e. The number of hydrogen-bond donors (Lipinski definition) is 1. The first kappa shape index (κ1) is 23.7. The minimum absolute atomic E-state index is 0.179. The number of hydrogen-bond acceptors (Lipinski definition) is 3. The number of thiocarbonyl (C=S) groups is 1. The summed E-state index contributed by atoms with van der Waals surface area (Å²) >= 11 is 5.87. The predicted molar refractivity (Wildman–Crippen MR) is 133 cm³/mol. The summed E-state index contributed by atoms with van der Waals surface area (Å²) in [6, 6.07) is 19.7. The van der Waals surface area contributed by atoms with E-state index >= 15 is 0 Å². The number of ether oxygens (including phenoxy) is 1. The molecule has 0 saturated carbocycles. The number of nitrogens with one attached hydrogen (secondary N) is 1. The summed E-state index contributed by atoms with van der Waals surface area (Å²) in [5, 5.41) is 4.38.